The fourth-order valence-corrected chi connectivity index (χ4v) is 8.50. The van der Waals surface area contributed by atoms with Crippen molar-refractivity contribution in [2.45, 2.75) is 30.7 Å². The van der Waals surface area contributed by atoms with Crippen molar-refractivity contribution in [2.75, 3.05) is 6.61 Å². The Labute approximate surface area is 433 Å². The molecule has 0 spiro atoms. The Morgan fingerprint density at radius 3 is 1.25 bits per heavy atom. The smallest absolute Gasteiger partial charge is 0.344 e. The van der Waals surface area contributed by atoms with Crippen LogP contribution in [0.3, 0.4) is 0 Å². The van der Waals surface area contributed by atoms with Gasteiger partial charge < -0.3 is 125 Å². The molecule has 0 aromatic heterocycles. The first-order valence-electron chi connectivity index (χ1n) is 21.7. The standard InChI is InChI=1S/C48H32O31/c49-15-1-9(42(66)67)2-21(27(15)55)74-38-14(7-20(54)32(60)37(38)65)47(72)79-48-41-40(77-45(70)12-5-18(52)30(58)35(63)25(12)26-13(46(71)78-41)6-19(53)31(59)36(26)64)39-22(75-48)8-73-43(68)10-3-16(50)28(56)33(61)23(10)24-11(44(69)76-39)4-17(51)29(57)34(24)62/h1-7,22,39-41,48-65H,8H2,(H,66,67)/t22-,39-,40-,41+,48-/m1/s1. The van der Waals surface area contributed by atoms with E-state index in [1.54, 1.807) is 0 Å². The van der Waals surface area contributed by atoms with Crippen molar-refractivity contribution in [1.82, 2.24) is 0 Å². The van der Waals surface area contributed by atoms with Gasteiger partial charge in [-0.05, 0) is 36.4 Å². The van der Waals surface area contributed by atoms with Gasteiger partial charge in [-0.25, -0.2) is 28.8 Å². The van der Waals surface area contributed by atoms with Gasteiger partial charge in [0.15, 0.2) is 81.2 Å². The molecular formula is C48H32O31. The SMILES string of the molecule is O=C(O)c1cc(O)c(O)c(Oc2c(C(=O)O[C@H]3O[C@@H]4COC(=O)c5cc(O)c(O)c(O)c5-c5c(cc(O)c(O)c5O)C(=O)O[C@H]4[C@H]4OC(=O)c5cc(O)c(O)c(O)c5-c5c(cc(O)c(O)c5O)C(=O)O[C@H]34)cc(O)c(O)c2O)c1. The van der Waals surface area contributed by atoms with Gasteiger partial charge >= 0.3 is 35.8 Å². The molecule has 0 saturated carbocycles. The van der Waals surface area contributed by atoms with Crippen LogP contribution in [0.1, 0.15) is 62.1 Å². The number of hydrogen-bond donors (Lipinski definition) is 18. The molecule has 6 aromatic rings. The minimum absolute atomic E-state index is 0.295. The Balaban J connectivity index is 1.26. The van der Waals surface area contributed by atoms with E-state index in [9.17, 15) is 121 Å². The first-order chi connectivity index (χ1) is 37.1. The molecule has 5 atom stereocenters. The summed E-state index contributed by atoms with van der Waals surface area (Å²) in [5, 5.41) is 192. The summed E-state index contributed by atoms with van der Waals surface area (Å²) in [6.45, 7) is -1.39. The van der Waals surface area contributed by atoms with Crippen LogP contribution in [0.15, 0.2) is 42.5 Å². The van der Waals surface area contributed by atoms with Crippen molar-refractivity contribution in [3.05, 3.63) is 75.8 Å². The number of cyclic esters (lactones) is 1. The number of benzene rings is 6. The maximum absolute atomic E-state index is 14.7. The lowest BCUT2D eigenvalue weighted by Crippen LogP contribution is -2.63. The average molecular weight is 1100 g/mol. The molecule has 1 fully saturated rings. The van der Waals surface area contributed by atoms with Crippen LogP contribution in [0.4, 0.5) is 0 Å². The van der Waals surface area contributed by atoms with Gasteiger partial charge in [-0.2, -0.15) is 0 Å². The molecule has 31 nitrogen and oxygen atoms in total. The number of esters is 5. The monoisotopic (exact) mass is 1100 g/mol. The van der Waals surface area contributed by atoms with Crippen LogP contribution in [-0.2, 0) is 28.4 Å². The molecule has 3 heterocycles. The molecule has 79 heavy (non-hydrogen) atoms. The normalized spacial score (nSPS) is 18.7. The molecule has 18 N–H and O–H groups in total. The quantitative estimate of drug-likeness (QED) is 0.0670. The highest BCUT2D eigenvalue weighted by molar-refractivity contribution is 6.10. The first-order valence-corrected chi connectivity index (χ1v) is 21.7. The number of rotatable bonds is 5. The summed E-state index contributed by atoms with van der Waals surface area (Å²) in [7, 11) is 0. The maximum Gasteiger partial charge on any atom is 0.344 e. The lowest BCUT2D eigenvalue weighted by atomic mass is 9.91. The molecule has 31 heteroatoms. The summed E-state index contributed by atoms with van der Waals surface area (Å²) in [6.07, 6.45) is -13.2. The Morgan fingerprint density at radius 2 is 0.810 bits per heavy atom. The summed E-state index contributed by atoms with van der Waals surface area (Å²) in [5.41, 5.74) is -11.3. The van der Waals surface area contributed by atoms with E-state index in [-0.39, 0.29) is 0 Å². The van der Waals surface area contributed by atoms with Gasteiger partial charge in [0, 0.05) is 28.3 Å². The number of ether oxygens (including phenoxy) is 7. The zero-order chi connectivity index (χ0) is 57.7. The maximum atomic E-state index is 14.7. The van der Waals surface area contributed by atoms with Crippen molar-refractivity contribution >= 4 is 35.8 Å². The molecule has 0 amide bonds. The lowest BCUT2D eigenvalue weighted by molar-refractivity contribution is -0.282. The third kappa shape index (κ3) is 8.40. The summed E-state index contributed by atoms with van der Waals surface area (Å²) >= 11 is 0. The largest absolute Gasteiger partial charge is 0.504 e. The summed E-state index contributed by atoms with van der Waals surface area (Å²) in [5.74, 6) is -37.5. The fraction of sp³-hybridized carbons (Fsp3) is 0.125. The number of fused-ring (bicyclic) bond motifs is 9. The van der Waals surface area contributed by atoms with E-state index in [4.69, 9.17) is 33.2 Å². The number of carboxylic acid groups (broad SMARTS) is 1. The van der Waals surface area contributed by atoms with Crippen molar-refractivity contribution in [1.29, 1.82) is 0 Å². The van der Waals surface area contributed by atoms with Gasteiger partial charge in [0.1, 0.15) is 18.3 Å². The Bertz CT molecular complexity index is 3730. The zero-order valence-corrected chi connectivity index (χ0v) is 38.5. The molecule has 9 rings (SSSR count). The lowest BCUT2D eigenvalue weighted by Gasteiger charge is -2.44. The van der Waals surface area contributed by atoms with Crippen LogP contribution in [0.25, 0.3) is 22.3 Å². The molecule has 0 radical (unpaired) electrons. The number of aromatic hydroxyl groups is 17. The third-order valence-corrected chi connectivity index (χ3v) is 12.3. The van der Waals surface area contributed by atoms with Crippen LogP contribution >= 0.6 is 0 Å². The number of aromatic carboxylic acids is 1. The number of hydrogen-bond acceptors (Lipinski definition) is 30. The number of carbonyl (C=O) groups excluding carboxylic acids is 5. The van der Waals surface area contributed by atoms with Crippen molar-refractivity contribution in [2.24, 2.45) is 0 Å². The van der Waals surface area contributed by atoms with E-state index in [1.807, 2.05) is 0 Å². The van der Waals surface area contributed by atoms with E-state index in [0.29, 0.717) is 42.5 Å². The molecular weight excluding hydrogens is 1070 g/mol. The highest BCUT2D eigenvalue weighted by Gasteiger charge is 2.56. The number of carboxylic acids is 1. The summed E-state index contributed by atoms with van der Waals surface area (Å²) in [4.78, 5) is 84.3. The van der Waals surface area contributed by atoms with Crippen LogP contribution in [0, 0.1) is 0 Å². The van der Waals surface area contributed by atoms with E-state index in [1.165, 1.54) is 0 Å². The predicted octanol–water partition coefficient (Wildman–Crippen LogP) is 2.55. The number of phenolic OH excluding ortho intramolecular Hbond substituents is 17. The van der Waals surface area contributed by atoms with E-state index >= 15 is 0 Å². The highest BCUT2D eigenvalue weighted by atomic mass is 16.7. The Kier molecular flexibility index (Phi) is 12.4. The molecule has 0 aliphatic carbocycles. The highest BCUT2D eigenvalue weighted by Crippen LogP contribution is 2.56. The van der Waals surface area contributed by atoms with Crippen molar-refractivity contribution in [3.8, 4) is 131 Å². The second-order valence-corrected chi connectivity index (χ2v) is 16.9. The van der Waals surface area contributed by atoms with Crippen molar-refractivity contribution < 1.29 is 154 Å². The molecule has 1 saturated heterocycles. The van der Waals surface area contributed by atoms with Gasteiger partial charge in [-0.1, -0.05) is 0 Å². The molecule has 3 aliphatic heterocycles. The van der Waals surface area contributed by atoms with Crippen molar-refractivity contribution in [3.63, 3.8) is 0 Å². The minimum atomic E-state index is -2.81. The molecule has 410 valence electrons. The van der Waals surface area contributed by atoms with E-state index in [0.717, 1.165) is 0 Å². The molecule has 0 bridgehead atoms. The second-order valence-electron chi connectivity index (χ2n) is 16.9. The number of phenols is 17. The third-order valence-electron chi connectivity index (χ3n) is 12.3. The molecule has 6 aromatic carbocycles. The minimum Gasteiger partial charge on any atom is -0.504 e. The number of carbonyl (C=O) groups is 6. The molecule has 3 aliphatic rings. The van der Waals surface area contributed by atoms with Gasteiger partial charge in [0.2, 0.25) is 52.6 Å². The summed E-state index contributed by atoms with van der Waals surface area (Å²) < 4.78 is 39.3. The average Bonchev–Trinajstić information content (AvgIpc) is 3.54. The Morgan fingerprint density at radius 1 is 0.430 bits per heavy atom. The summed E-state index contributed by atoms with van der Waals surface area (Å²) in [6, 6.07) is 2.82. The van der Waals surface area contributed by atoms with Gasteiger partial charge in [-0.15, -0.1) is 0 Å². The Hall–Kier alpha value is -11.5. The zero-order valence-electron chi connectivity index (χ0n) is 38.5. The fourth-order valence-electron chi connectivity index (χ4n) is 8.50. The van der Waals surface area contributed by atoms with Gasteiger partial charge in [0.25, 0.3) is 0 Å². The predicted molar refractivity (Wildman–Crippen MR) is 244 cm³/mol. The van der Waals surface area contributed by atoms with Crippen LogP contribution in [0.2, 0.25) is 0 Å². The van der Waals surface area contributed by atoms with Gasteiger partial charge in [0.05, 0.1) is 27.8 Å². The first kappa shape index (κ1) is 52.4. The van der Waals surface area contributed by atoms with E-state index < -0.39 is 238 Å². The van der Waals surface area contributed by atoms with Gasteiger partial charge in [-0.3, -0.25) is 0 Å². The van der Waals surface area contributed by atoms with E-state index in [2.05, 4.69) is 0 Å². The van der Waals surface area contributed by atoms with Crippen LogP contribution < -0.4 is 4.74 Å². The second kappa shape index (κ2) is 18.7. The van der Waals surface area contributed by atoms with Crippen LogP contribution in [-0.4, -0.2) is 165 Å². The van der Waals surface area contributed by atoms with Crippen LogP contribution in [0.5, 0.6) is 109 Å². The molecule has 0 unspecified atom stereocenters. The topological polar surface area (TPSA) is 531 Å².